The molecule has 0 bridgehead atoms. The Labute approximate surface area is 200 Å². The van der Waals surface area contributed by atoms with Crippen LogP contribution in [-0.4, -0.2) is 22.5 Å². The summed E-state index contributed by atoms with van der Waals surface area (Å²) >= 11 is 13.0. The van der Waals surface area contributed by atoms with Gasteiger partial charge < -0.3 is 9.73 Å². The van der Waals surface area contributed by atoms with Gasteiger partial charge in [-0.2, -0.15) is 18.3 Å². The third-order valence-electron chi connectivity index (χ3n) is 4.64. The molecule has 1 aromatic heterocycles. The quantitative estimate of drug-likeness (QED) is 0.316. The highest BCUT2D eigenvalue weighted by Gasteiger charge is 2.34. The number of furan rings is 1. The monoisotopic (exact) mass is 511 g/mol. The number of hydrogen-bond donors (Lipinski definition) is 1. The van der Waals surface area contributed by atoms with E-state index in [4.69, 9.17) is 27.6 Å². The largest absolute Gasteiger partial charge is 0.455 e. The molecule has 1 saturated heterocycles. The Hall–Kier alpha value is -2.75. The standard InChI is InChI=1S/C22H14Cl2F3N3O2S/c23-15-4-1-12(2-5-15)18-8-6-16(32-18)11-28-30-21-29-20(31)19(33-21)10-13-9-14(22(25,26)27)3-7-17(13)24/h1-9,11,19H,10H2,(H,29,30,31)/b28-11+. The number of hydrogen-bond acceptors (Lipinski definition) is 5. The molecule has 2 aromatic carbocycles. The third kappa shape index (κ3) is 5.79. The molecule has 1 amide bonds. The normalized spacial score (nSPS) is 17.8. The summed E-state index contributed by atoms with van der Waals surface area (Å²) in [5.74, 6) is 0.693. The second-order valence-corrected chi connectivity index (χ2v) is 9.00. The topological polar surface area (TPSA) is 67.0 Å². The molecule has 1 fully saturated rings. The first-order valence-corrected chi connectivity index (χ1v) is 11.1. The van der Waals surface area contributed by atoms with E-state index in [2.05, 4.69) is 15.5 Å². The number of nitrogens with zero attached hydrogens (tertiary/aromatic N) is 2. The van der Waals surface area contributed by atoms with Crippen molar-refractivity contribution in [3.63, 3.8) is 0 Å². The van der Waals surface area contributed by atoms with Crippen LogP contribution in [0.5, 0.6) is 0 Å². The van der Waals surface area contributed by atoms with Crippen LogP contribution in [0.1, 0.15) is 16.9 Å². The zero-order chi connectivity index (χ0) is 23.6. The Morgan fingerprint density at radius 3 is 2.58 bits per heavy atom. The zero-order valence-electron chi connectivity index (χ0n) is 16.6. The van der Waals surface area contributed by atoms with E-state index in [-0.39, 0.29) is 28.1 Å². The highest BCUT2D eigenvalue weighted by Crippen LogP contribution is 2.34. The maximum absolute atomic E-state index is 13.0. The van der Waals surface area contributed by atoms with Gasteiger partial charge in [-0.15, -0.1) is 5.10 Å². The molecule has 3 aromatic rings. The van der Waals surface area contributed by atoms with Crippen LogP contribution in [0.2, 0.25) is 10.0 Å². The third-order valence-corrected chi connectivity index (χ3v) is 6.34. The smallest absolute Gasteiger partial charge is 0.416 e. The minimum Gasteiger partial charge on any atom is -0.455 e. The van der Waals surface area contributed by atoms with Crippen molar-refractivity contribution in [1.82, 2.24) is 5.32 Å². The van der Waals surface area contributed by atoms with Gasteiger partial charge in [0.2, 0.25) is 5.91 Å². The van der Waals surface area contributed by atoms with Crippen molar-refractivity contribution in [3.8, 4) is 11.3 Å². The van der Waals surface area contributed by atoms with E-state index in [1.54, 1.807) is 24.3 Å². The Bertz CT molecular complexity index is 1240. The second-order valence-electron chi connectivity index (χ2n) is 6.96. The van der Waals surface area contributed by atoms with Crippen molar-refractivity contribution in [3.05, 3.63) is 81.5 Å². The highest BCUT2D eigenvalue weighted by molar-refractivity contribution is 8.15. The molecule has 1 aliphatic heterocycles. The van der Waals surface area contributed by atoms with Gasteiger partial charge in [0.1, 0.15) is 11.5 Å². The van der Waals surface area contributed by atoms with E-state index >= 15 is 0 Å². The van der Waals surface area contributed by atoms with Crippen LogP contribution in [0, 0.1) is 0 Å². The van der Waals surface area contributed by atoms with Crippen LogP contribution in [0.4, 0.5) is 13.2 Å². The number of alkyl halides is 3. The summed E-state index contributed by atoms with van der Waals surface area (Å²) in [6.45, 7) is 0. The molecule has 170 valence electrons. The molecule has 0 radical (unpaired) electrons. The van der Waals surface area contributed by atoms with Gasteiger partial charge >= 0.3 is 6.18 Å². The number of halogens is 5. The molecule has 1 atom stereocenters. The summed E-state index contributed by atoms with van der Waals surface area (Å²) in [7, 11) is 0. The first kappa shape index (κ1) is 23.4. The van der Waals surface area contributed by atoms with Crippen LogP contribution in [-0.2, 0) is 17.4 Å². The number of rotatable bonds is 5. The number of carbonyl (C=O) groups is 1. The minimum absolute atomic E-state index is 0.0185. The highest BCUT2D eigenvalue weighted by atomic mass is 35.5. The van der Waals surface area contributed by atoms with E-state index in [9.17, 15) is 18.0 Å². The van der Waals surface area contributed by atoms with Crippen molar-refractivity contribution < 1.29 is 22.4 Å². The molecule has 4 rings (SSSR count). The Kier molecular flexibility index (Phi) is 6.83. The van der Waals surface area contributed by atoms with Crippen molar-refractivity contribution in [2.45, 2.75) is 17.8 Å². The van der Waals surface area contributed by atoms with Gasteiger partial charge in [-0.05, 0) is 66.6 Å². The van der Waals surface area contributed by atoms with Crippen LogP contribution in [0.25, 0.3) is 11.3 Å². The molecule has 2 heterocycles. The summed E-state index contributed by atoms with van der Waals surface area (Å²) in [4.78, 5) is 12.2. The molecule has 0 saturated carbocycles. The van der Waals surface area contributed by atoms with Crippen LogP contribution < -0.4 is 5.32 Å². The number of carbonyl (C=O) groups excluding carboxylic acids is 1. The summed E-state index contributed by atoms with van der Waals surface area (Å²) in [6, 6.07) is 13.7. The fourth-order valence-corrected chi connectivity index (χ4v) is 4.30. The number of benzene rings is 2. The molecule has 0 aliphatic carbocycles. The van der Waals surface area contributed by atoms with Crippen molar-refractivity contribution in [1.29, 1.82) is 0 Å². The van der Waals surface area contributed by atoms with Gasteiger partial charge in [-0.25, -0.2) is 0 Å². The summed E-state index contributed by atoms with van der Waals surface area (Å²) < 4.78 is 44.6. The Balaban J connectivity index is 1.41. The first-order chi connectivity index (χ1) is 15.7. The molecule has 0 spiro atoms. The van der Waals surface area contributed by atoms with Gasteiger partial charge in [-0.3, -0.25) is 4.79 Å². The van der Waals surface area contributed by atoms with Gasteiger partial charge in [0.25, 0.3) is 0 Å². The van der Waals surface area contributed by atoms with Crippen LogP contribution in [0.3, 0.4) is 0 Å². The molecular formula is C22H14Cl2F3N3O2S. The Morgan fingerprint density at radius 1 is 1.09 bits per heavy atom. The Morgan fingerprint density at radius 2 is 1.85 bits per heavy atom. The van der Waals surface area contributed by atoms with Crippen molar-refractivity contribution in [2.24, 2.45) is 10.2 Å². The maximum atomic E-state index is 13.0. The summed E-state index contributed by atoms with van der Waals surface area (Å²) in [5, 5.41) is 10.8. The number of nitrogens with one attached hydrogen (secondary N) is 1. The molecule has 1 N–H and O–H groups in total. The average Bonchev–Trinajstić information content (AvgIpc) is 3.36. The first-order valence-electron chi connectivity index (χ1n) is 9.49. The van der Waals surface area contributed by atoms with E-state index in [0.717, 1.165) is 29.5 Å². The van der Waals surface area contributed by atoms with Crippen molar-refractivity contribution >= 4 is 52.3 Å². The molecule has 5 nitrogen and oxygen atoms in total. The lowest BCUT2D eigenvalue weighted by atomic mass is 10.1. The predicted molar refractivity (Wildman–Crippen MR) is 124 cm³/mol. The van der Waals surface area contributed by atoms with E-state index in [0.29, 0.717) is 16.5 Å². The van der Waals surface area contributed by atoms with E-state index < -0.39 is 17.0 Å². The molecular weight excluding hydrogens is 498 g/mol. The molecule has 1 aliphatic rings. The number of thioether (sulfide) groups is 1. The minimum atomic E-state index is -4.50. The summed E-state index contributed by atoms with van der Waals surface area (Å²) in [5.41, 5.74) is 0.259. The second kappa shape index (κ2) is 9.62. The van der Waals surface area contributed by atoms with Gasteiger partial charge in [0.05, 0.1) is 17.0 Å². The number of amides is 1. The zero-order valence-corrected chi connectivity index (χ0v) is 18.9. The molecule has 11 heteroatoms. The predicted octanol–water partition coefficient (Wildman–Crippen LogP) is 6.44. The SMILES string of the molecule is O=C1N/C(=N\N=C\c2ccc(-c3ccc(Cl)cc3)o2)SC1Cc1cc(C(F)(F)F)ccc1Cl. The van der Waals surface area contributed by atoms with E-state index in [1.807, 2.05) is 12.1 Å². The fraction of sp³-hybridized carbons (Fsp3) is 0.136. The lowest BCUT2D eigenvalue weighted by Gasteiger charge is -2.12. The lowest BCUT2D eigenvalue weighted by molar-refractivity contribution is -0.137. The van der Waals surface area contributed by atoms with Gasteiger partial charge in [0.15, 0.2) is 5.17 Å². The summed E-state index contributed by atoms with van der Waals surface area (Å²) in [6.07, 6.45) is -3.09. The van der Waals surface area contributed by atoms with Crippen LogP contribution >= 0.6 is 35.0 Å². The van der Waals surface area contributed by atoms with Crippen LogP contribution in [0.15, 0.2) is 69.2 Å². The molecule has 33 heavy (non-hydrogen) atoms. The van der Waals surface area contributed by atoms with Gasteiger partial charge in [0, 0.05) is 15.6 Å². The maximum Gasteiger partial charge on any atom is 0.416 e. The molecule has 1 unspecified atom stereocenters. The number of amidine groups is 1. The van der Waals surface area contributed by atoms with Gasteiger partial charge in [-0.1, -0.05) is 35.0 Å². The van der Waals surface area contributed by atoms with Crippen molar-refractivity contribution in [2.75, 3.05) is 0 Å². The average molecular weight is 512 g/mol. The fourth-order valence-electron chi connectivity index (χ4n) is 3.02. The van der Waals surface area contributed by atoms with E-state index in [1.165, 1.54) is 12.3 Å². The lowest BCUT2D eigenvalue weighted by Crippen LogP contribution is -2.26.